The van der Waals surface area contributed by atoms with Crippen molar-refractivity contribution in [3.05, 3.63) is 54.5 Å². The Morgan fingerprint density at radius 2 is 1.94 bits per heavy atom. The molecule has 0 unspecified atom stereocenters. The highest BCUT2D eigenvalue weighted by Crippen LogP contribution is 2.16. The molecule has 0 fully saturated rings. The van der Waals surface area contributed by atoms with Crippen LogP contribution in [0.25, 0.3) is 16.9 Å². The molecule has 4 nitrogen and oxygen atoms in total. The fourth-order valence-electron chi connectivity index (χ4n) is 1.82. The normalized spacial score (nSPS) is 10.7. The van der Waals surface area contributed by atoms with Crippen LogP contribution in [-0.2, 0) is 0 Å². The van der Waals surface area contributed by atoms with Crippen LogP contribution in [0.3, 0.4) is 0 Å². The van der Waals surface area contributed by atoms with Crippen LogP contribution in [0.2, 0.25) is 0 Å². The average Bonchev–Trinajstić information content (AvgIpc) is 2.82. The van der Waals surface area contributed by atoms with Crippen molar-refractivity contribution in [3.8, 4) is 5.82 Å². The summed E-state index contributed by atoms with van der Waals surface area (Å²) >= 11 is 4.90. The van der Waals surface area contributed by atoms with E-state index >= 15 is 0 Å². The minimum atomic E-state index is 0.351. The molecule has 0 spiro atoms. The van der Waals surface area contributed by atoms with E-state index in [9.17, 15) is 0 Å². The van der Waals surface area contributed by atoms with Crippen molar-refractivity contribution in [1.82, 2.24) is 14.5 Å². The van der Waals surface area contributed by atoms with Gasteiger partial charge in [0.05, 0.1) is 11.0 Å². The number of rotatable bonds is 2. The number of hydrogen-bond acceptors (Lipinski definition) is 3. The fraction of sp³-hybridized carbons (Fsp3) is 0. The van der Waals surface area contributed by atoms with Gasteiger partial charge >= 0.3 is 0 Å². The Morgan fingerprint density at radius 3 is 2.67 bits per heavy atom. The Kier molecular flexibility index (Phi) is 2.53. The molecule has 0 saturated carbocycles. The second kappa shape index (κ2) is 4.19. The van der Waals surface area contributed by atoms with E-state index in [1.807, 2.05) is 41.0 Å². The summed E-state index contributed by atoms with van der Waals surface area (Å²) in [6.07, 6.45) is 3.43. The topological polar surface area (TPSA) is 56.7 Å². The number of thiocarbonyl (C=S) groups is 1. The number of para-hydroxylation sites is 2. The third kappa shape index (κ3) is 1.74. The summed E-state index contributed by atoms with van der Waals surface area (Å²) in [5.41, 5.74) is 8.27. The van der Waals surface area contributed by atoms with Crippen molar-refractivity contribution in [2.75, 3.05) is 0 Å². The Bertz CT molecular complexity index is 715. The Labute approximate surface area is 109 Å². The number of nitrogens with zero attached hydrogens (tertiary/aromatic N) is 3. The maximum atomic E-state index is 5.55. The van der Waals surface area contributed by atoms with Crippen molar-refractivity contribution in [3.63, 3.8) is 0 Å². The third-order valence-electron chi connectivity index (χ3n) is 2.73. The summed E-state index contributed by atoms with van der Waals surface area (Å²) in [5.74, 6) is 0.795. The molecule has 0 atom stereocenters. The molecule has 3 rings (SSSR count). The number of benzene rings is 1. The SMILES string of the molecule is NC(=S)c1ccc(-n2cnc3ccccc32)nc1. The fourth-order valence-corrected chi connectivity index (χ4v) is 1.94. The molecule has 5 heteroatoms. The van der Waals surface area contributed by atoms with E-state index in [1.54, 1.807) is 12.5 Å². The lowest BCUT2D eigenvalue weighted by atomic mass is 10.3. The van der Waals surface area contributed by atoms with Crippen LogP contribution in [0.5, 0.6) is 0 Å². The highest BCUT2D eigenvalue weighted by molar-refractivity contribution is 7.80. The molecule has 0 saturated heterocycles. The second-order valence-electron chi connectivity index (χ2n) is 3.87. The Balaban J connectivity index is 2.12. The van der Waals surface area contributed by atoms with E-state index in [0.717, 1.165) is 22.4 Å². The van der Waals surface area contributed by atoms with Crippen molar-refractivity contribution < 1.29 is 0 Å². The molecule has 0 aliphatic carbocycles. The van der Waals surface area contributed by atoms with Gasteiger partial charge in [0.25, 0.3) is 0 Å². The molecule has 0 aliphatic rings. The summed E-state index contributed by atoms with van der Waals surface area (Å²) in [6.45, 7) is 0. The number of aromatic nitrogens is 3. The van der Waals surface area contributed by atoms with Gasteiger partial charge in [-0.25, -0.2) is 9.97 Å². The quantitative estimate of drug-likeness (QED) is 0.711. The molecule has 2 N–H and O–H groups in total. The van der Waals surface area contributed by atoms with E-state index in [-0.39, 0.29) is 0 Å². The smallest absolute Gasteiger partial charge is 0.138 e. The minimum absolute atomic E-state index is 0.351. The third-order valence-corrected chi connectivity index (χ3v) is 2.97. The first-order valence-corrected chi connectivity index (χ1v) is 5.85. The molecule has 0 bridgehead atoms. The van der Waals surface area contributed by atoms with Crippen LogP contribution in [-0.4, -0.2) is 19.5 Å². The Morgan fingerprint density at radius 1 is 1.11 bits per heavy atom. The van der Waals surface area contributed by atoms with E-state index in [4.69, 9.17) is 18.0 Å². The van der Waals surface area contributed by atoms with E-state index < -0.39 is 0 Å². The van der Waals surface area contributed by atoms with Gasteiger partial charge in [-0.15, -0.1) is 0 Å². The zero-order valence-electron chi connectivity index (χ0n) is 9.45. The zero-order chi connectivity index (χ0) is 12.5. The number of hydrogen-bond donors (Lipinski definition) is 1. The van der Waals surface area contributed by atoms with Crippen LogP contribution >= 0.6 is 12.2 Å². The van der Waals surface area contributed by atoms with E-state index in [1.165, 1.54) is 0 Å². The monoisotopic (exact) mass is 254 g/mol. The molecule has 88 valence electrons. The van der Waals surface area contributed by atoms with Gasteiger partial charge < -0.3 is 5.73 Å². The molecule has 0 amide bonds. The molecule has 18 heavy (non-hydrogen) atoms. The van der Waals surface area contributed by atoms with Gasteiger partial charge in [0.2, 0.25) is 0 Å². The molecular formula is C13H10N4S. The average molecular weight is 254 g/mol. The summed E-state index contributed by atoms with van der Waals surface area (Å²) in [6, 6.07) is 11.6. The van der Waals surface area contributed by atoms with Crippen molar-refractivity contribution in [2.24, 2.45) is 5.73 Å². The lowest BCUT2D eigenvalue weighted by molar-refractivity contribution is 1.02. The number of nitrogens with two attached hydrogens (primary N) is 1. The molecule has 3 aromatic rings. The van der Waals surface area contributed by atoms with Crippen molar-refractivity contribution >= 4 is 28.2 Å². The van der Waals surface area contributed by atoms with Gasteiger partial charge in [-0.05, 0) is 24.3 Å². The molecule has 0 radical (unpaired) electrons. The molecule has 2 heterocycles. The van der Waals surface area contributed by atoms with Crippen LogP contribution in [0, 0.1) is 0 Å². The zero-order valence-corrected chi connectivity index (χ0v) is 10.3. The van der Waals surface area contributed by atoms with Crippen LogP contribution in [0.4, 0.5) is 0 Å². The maximum Gasteiger partial charge on any atom is 0.138 e. The molecular weight excluding hydrogens is 244 g/mol. The number of imidazole rings is 1. The van der Waals surface area contributed by atoms with Crippen molar-refractivity contribution in [1.29, 1.82) is 0 Å². The van der Waals surface area contributed by atoms with Gasteiger partial charge in [-0.1, -0.05) is 24.4 Å². The summed E-state index contributed by atoms with van der Waals surface area (Å²) < 4.78 is 1.93. The number of fused-ring (bicyclic) bond motifs is 1. The van der Waals surface area contributed by atoms with E-state index in [2.05, 4.69) is 9.97 Å². The molecule has 0 aliphatic heterocycles. The van der Waals surface area contributed by atoms with Crippen LogP contribution in [0.1, 0.15) is 5.56 Å². The molecule has 1 aromatic carbocycles. The van der Waals surface area contributed by atoms with Gasteiger partial charge in [-0.2, -0.15) is 0 Å². The first kappa shape index (κ1) is 10.9. The maximum absolute atomic E-state index is 5.55. The predicted molar refractivity (Wildman–Crippen MR) is 74.8 cm³/mol. The summed E-state index contributed by atoms with van der Waals surface area (Å²) in [7, 11) is 0. The van der Waals surface area contributed by atoms with E-state index in [0.29, 0.717) is 4.99 Å². The highest BCUT2D eigenvalue weighted by Gasteiger charge is 2.05. The first-order chi connectivity index (χ1) is 8.75. The van der Waals surface area contributed by atoms with Gasteiger partial charge in [0.15, 0.2) is 0 Å². The first-order valence-electron chi connectivity index (χ1n) is 5.44. The second-order valence-corrected chi connectivity index (χ2v) is 4.31. The lowest BCUT2D eigenvalue weighted by Gasteiger charge is -2.04. The van der Waals surface area contributed by atoms with Crippen molar-refractivity contribution in [2.45, 2.75) is 0 Å². The standard InChI is InChI=1S/C13H10N4S/c14-13(18)9-5-6-12(15-7-9)17-8-16-10-3-1-2-4-11(10)17/h1-8H,(H2,14,18). The van der Waals surface area contributed by atoms with Crippen LogP contribution < -0.4 is 5.73 Å². The summed E-state index contributed by atoms with van der Waals surface area (Å²) in [4.78, 5) is 9.02. The largest absolute Gasteiger partial charge is 0.389 e. The van der Waals surface area contributed by atoms with Gasteiger partial charge in [-0.3, -0.25) is 4.57 Å². The summed E-state index contributed by atoms with van der Waals surface area (Å²) in [5, 5.41) is 0. The minimum Gasteiger partial charge on any atom is -0.389 e. The molecule has 2 aromatic heterocycles. The van der Waals surface area contributed by atoms with Gasteiger partial charge in [0.1, 0.15) is 17.1 Å². The lowest BCUT2D eigenvalue weighted by Crippen LogP contribution is -2.10. The van der Waals surface area contributed by atoms with Gasteiger partial charge in [0, 0.05) is 11.8 Å². The number of pyridine rings is 1. The van der Waals surface area contributed by atoms with Crippen LogP contribution in [0.15, 0.2) is 48.9 Å². The predicted octanol–water partition coefficient (Wildman–Crippen LogP) is 2.05. The highest BCUT2D eigenvalue weighted by atomic mass is 32.1. The Hall–Kier alpha value is -2.27.